The fourth-order valence-electron chi connectivity index (χ4n) is 3.20. The lowest BCUT2D eigenvalue weighted by molar-refractivity contribution is 0.191. The molecule has 1 aromatic heterocycles. The fourth-order valence-corrected chi connectivity index (χ4v) is 3.20. The Kier molecular flexibility index (Phi) is 4.27. The molecule has 2 heterocycles. The predicted octanol–water partition coefficient (Wildman–Crippen LogP) is 2.32. The molecule has 0 aliphatic carbocycles. The highest BCUT2D eigenvalue weighted by molar-refractivity contribution is 5.75. The normalized spacial score (nSPS) is 13.3. The first-order valence-corrected chi connectivity index (χ1v) is 8.56. The third-order valence-corrected chi connectivity index (χ3v) is 4.57. The van der Waals surface area contributed by atoms with Crippen molar-refractivity contribution in [1.82, 2.24) is 25.4 Å². The largest absolute Gasteiger partial charge is 0.367 e. The molecule has 0 fully saturated rings. The minimum Gasteiger partial charge on any atom is -0.367 e. The van der Waals surface area contributed by atoms with Gasteiger partial charge in [-0.05, 0) is 34.7 Å². The molecule has 0 radical (unpaired) electrons. The van der Waals surface area contributed by atoms with Crippen LogP contribution in [0.25, 0.3) is 11.1 Å². The van der Waals surface area contributed by atoms with Gasteiger partial charge < -0.3 is 16.0 Å². The summed E-state index contributed by atoms with van der Waals surface area (Å²) in [5.41, 5.74) is 10.3. The lowest BCUT2D eigenvalue weighted by Crippen LogP contribution is -2.42. The van der Waals surface area contributed by atoms with Crippen LogP contribution in [0, 0.1) is 0 Å². The van der Waals surface area contributed by atoms with Crippen molar-refractivity contribution in [1.29, 1.82) is 0 Å². The standard InChI is InChI=1S/C19H20N6O/c20-18-22-17(23-24-18)11-21-19(26)25-9-8-14-6-7-15(10-16(14)12-25)13-4-2-1-3-5-13/h1-7,10H,8-9,11-12H2,(H,21,26)(H3,20,22,23,24). The second-order valence-corrected chi connectivity index (χ2v) is 6.32. The van der Waals surface area contributed by atoms with Crippen LogP contribution >= 0.6 is 0 Å². The van der Waals surface area contributed by atoms with Gasteiger partial charge in [0.25, 0.3) is 0 Å². The van der Waals surface area contributed by atoms with Crippen molar-refractivity contribution in [3.8, 4) is 11.1 Å². The molecule has 0 atom stereocenters. The highest BCUT2D eigenvalue weighted by Crippen LogP contribution is 2.26. The number of nitrogens with two attached hydrogens (primary N) is 1. The molecule has 4 N–H and O–H groups in total. The second kappa shape index (κ2) is 6.87. The first-order valence-electron chi connectivity index (χ1n) is 8.56. The molecule has 0 bridgehead atoms. The number of anilines is 1. The van der Waals surface area contributed by atoms with Crippen molar-refractivity contribution < 1.29 is 4.79 Å². The van der Waals surface area contributed by atoms with Gasteiger partial charge in [-0.2, -0.15) is 4.98 Å². The molecular formula is C19H20N6O. The highest BCUT2D eigenvalue weighted by Gasteiger charge is 2.21. The van der Waals surface area contributed by atoms with Gasteiger partial charge in [0.15, 0.2) is 0 Å². The number of nitrogen functional groups attached to an aromatic ring is 1. The van der Waals surface area contributed by atoms with Gasteiger partial charge >= 0.3 is 6.03 Å². The minimum absolute atomic E-state index is 0.115. The van der Waals surface area contributed by atoms with Crippen LogP contribution in [-0.4, -0.2) is 32.7 Å². The van der Waals surface area contributed by atoms with Gasteiger partial charge in [-0.3, -0.25) is 5.10 Å². The van der Waals surface area contributed by atoms with Crippen molar-refractivity contribution in [3.05, 3.63) is 65.5 Å². The summed E-state index contributed by atoms with van der Waals surface area (Å²) in [6.07, 6.45) is 0.854. The maximum absolute atomic E-state index is 12.5. The Bertz CT molecular complexity index is 921. The van der Waals surface area contributed by atoms with E-state index in [2.05, 4.69) is 50.8 Å². The van der Waals surface area contributed by atoms with Crippen LogP contribution in [0.15, 0.2) is 48.5 Å². The summed E-state index contributed by atoms with van der Waals surface area (Å²) in [7, 11) is 0. The molecule has 7 heteroatoms. The molecule has 3 aromatic rings. The summed E-state index contributed by atoms with van der Waals surface area (Å²) in [5.74, 6) is 0.717. The molecule has 0 saturated heterocycles. The Morgan fingerprint density at radius 3 is 2.77 bits per heavy atom. The first-order chi connectivity index (χ1) is 12.7. The third kappa shape index (κ3) is 3.37. The van der Waals surface area contributed by atoms with Crippen LogP contribution in [0.4, 0.5) is 10.7 Å². The van der Waals surface area contributed by atoms with Crippen LogP contribution in [0.2, 0.25) is 0 Å². The van der Waals surface area contributed by atoms with Gasteiger partial charge in [-0.1, -0.05) is 42.5 Å². The number of nitrogens with zero attached hydrogens (tertiary/aromatic N) is 3. The third-order valence-electron chi connectivity index (χ3n) is 4.57. The van der Waals surface area contributed by atoms with Crippen molar-refractivity contribution in [3.63, 3.8) is 0 Å². The van der Waals surface area contributed by atoms with E-state index < -0.39 is 0 Å². The van der Waals surface area contributed by atoms with Crippen LogP contribution in [0.5, 0.6) is 0 Å². The zero-order valence-electron chi connectivity index (χ0n) is 14.3. The number of carbonyl (C=O) groups is 1. The van der Waals surface area contributed by atoms with Crippen molar-refractivity contribution >= 4 is 12.0 Å². The van der Waals surface area contributed by atoms with E-state index in [0.29, 0.717) is 18.9 Å². The van der Waals surface area contributed by atoms with E-state index in [1.807, 2.05) is 23.1 Å². The van der Waals surface area contributed by atoms with Gasteiger partial charge in [0, 0.05) is 13.1 Å². The van der Waals surface area contributed by atoms with E-state index in [4.69, 9.17) is 5.73 Å². The second-order valence-electron chi connectivity index (χ2n) is 6.32. The molecule has 0 unspecified atom stereocenters. The van der Waals surface area contributed by atoms with E-state index in [1.165, 1.54) is 22.3 Å². The molecule has 1 aliphatic heterocycles. The molecule has 132 valence electrons. The predicted molar refractivity (Wildman–Crippen MR) is 99.0 cm³/mol. The lowest BCUT2D eigenvalue weighted by Gasteiger charge is -2.29. The van der Waals surface area contributed by atoms with E-state index in [9.17, 15) is 4.79 Å². The van der Waals surface area contributed by atoms with Crippen LogP contribution in [0.1, 0.15) is 17.0 Å². The molecule has 7 nitrogen and oxygen atoms in total. The lowest BCUT2D eigenvalue weighted by atomic mass is 9.95. The number of benzene rings is 2. The van der Waals surface area contributed by atoms with E-state index >= 15 is 0 Å². The minimum atomic E-state index is -0.115. The summed E-state index contributed by atoms with van der Waals surface area (Å²) < 4.78 is 0. The van der Waals surface area contributed by atoms with Gasteiger partial charge in [-0.25, -0.2) is 4.79 Å². The summed E-state index contributed by atoms with van der Waals surface area (Å²) >= 11 is 0. The Balaban J connectivity index is 1.45. The number of amides is 2. The fraction of sp³-hybridized carbons (Fsp3) is 0.211. The molecule has 0 spiro atoms. The topological polar surface area (TPSA) is 99.9 Å². The average molecular weight is 348 g/mol. The van der Waals surface area contributed by atoms with E-state index in [-0.39, 0.29) is 18.5 Å². The quantitative estimate of drug-likeness (QED) is 0.676. The average Bonchev–Trinajstić information content (AvgIpc) is 3.11. The monoisotopic (exact) mass is 348 g/mol. The summed E-state index contributed by atoms with van der Waals surface area (Å²) in [6.45, 7) is 1.57. The number of fused-ring (bicyclic) bond motifs is 1. The van der Waals surface area contributed by atoms with Crippen LogP contribution in [-0.2, 0) is 19.5 Å². The Labute approximate surface area is 151 Å². The van der Waals surface area contributed by atoms with Gasteiger partial charge in [0.1, 0.15) is 5.82 Å². The highest BCUT2D eigenvalue weighted by atomic mass is 16.2. The Morgan fingerprint density at radius 1 is 1.15 bits per heavy atom. The maximum atomic E-state index is 12.5. The first kappa shape index (κ1) is 16.1. The van der Waals surface area contributed by atoms with E-state index in [0.717, 1.165) is 6.42 Å². The zero-order chi connectivity index (χ0) is 17.9. The molecule has 1 aliphatic rings. The number of nitrogens with one attached hydrogen (secondary N) is 2. The van der Waals surface area contributed by atoms with Crippen LogP contribution < -0.4 is 11.1 Å². The van der Waals surface area contributed by atoms with Gasteiger partial charge in [-0.15, -0.1) is 5.10 Å². The number of aromatic nitrogens is 3. The number of hydrogen-bond acceptors (Lipinski definition) is 4. The summed E-state index contributed by atoms with van der Waals surface area (Å²) in [5, 5.41) is 9.29. The maximum Gasteiger partial charge on any atom is 0.318 e. The van der Waals surface area contributed by atoms with Crippen molar-refractivity contribution in [2.45, 2.75) is 19.5 Å². The van der Waals surface area contributed by atoms with E-state index in [1.54, 1.807) is 0 Å². The SMILES string of the molecule is Nc1n[nH]c(CNC(=O)N2CCc3ccc(-c4ccccc4)cc3C2)n1. The Hall–Kier alpha value is -3.35. The molecular weight excluding hydrogens is 328 g/mol. The zero-order valence-corrected chi connectivity index (χ0v) is 14.3. The summed E-state index contributed by atoms with van der Waals surface area (Å²) in [6, 6.07) is 16.7. The number of hydrogen-bond donors (Lipinski definition) is 3. The Morgan fingerprint density at radius 2 is 2.00 bits per heavy atom. The smallest absolute Gasteiger partial charge is 0.318 e. The van der Waals surface area contributed by atoms with Gasteiger partial charge in [0.05, 0.1) is 6.54 Å². The number of urea groups is 1. The molecule has 2 aromatic carbocycles. The number of aromatic amines is 1. The molecule has 0 saturated carbocycles. The van der Waals surface area contributed by atoms with Crippen LogP contribution in [0.3, 0.4) is 0 Å². The number of rotatable bonds is 3. The molecule has 26 heavy (non-hydrogen) atoms. The summed E-state index contributed by atoms with van der Waals surface area (Å²) in [4.78, 5) is 18.3. The number of carbonyl (C=O) groups excluding carboxylic acids is 1. The van der Waals surface area contributed by atoms with Crippen molar-refractivity contribution in [2.24, 2.45) is 0 Å². The molecule has 4 rings (SSSR count). The van der Waals surface area contributed by atoms with Gasteiger partial charge in [0.2, 0.25) is 5.95 Å². The van der Waals surface area contributed by atoms with Crippen molar-refractivity contribution in [2.75, 3.05) is 12.3 Å². The number of H-pyrrole nitrogens is 1. The molecule has 2 amide bonds.